The molecular formula is C17H24O3S. The molecule has 0 saturated heterocycles. The van der Waals surface area contributed by atoms with E-state index in [0.717, 1.165) is 29.6 Å². The summed E-state index contributed by atoms with van der Waals surface area (Å²) in [6.45, 7) is 5.82. The van der Waals surface area contributed by atoms with Crippen molar-refractivity contribution in [2.75, 3.05) is 12.4 Å². The van der Waals surface area contributed by atoms with Gasteiger partial charge < -0.3 is 5.11 Å². The second-order valence-electron chi connectivity index (χ2n) is 5.39. The van der Waals surface area contributed by atoms with Crippen LogP contribution in [0.5, 0.6) is 0 Å². The predicted molar refractivity (Wildman–Crippen MR) is 87.1 cm³/mol. The van der Waals surface area contributed by atoms with Crippen LogP contribution in [0.1, 0.15) is 32.3 Å². The lowest BCUT2D eigenvalue weighted by Crippen LogP contribution is -2.05. The van der Waals surface area contributed by atoms with Crippen LogP contribution in [0, 0.1) is 6.92 Å². The fourth-order valence-corrected chi connectivity index (χ4v) is 3.05. The van der Waals surface area contributed by atoms with Crippen LogP contribution in [0.15, 0.2) is 52.5 Å². The highest BCUT2D eigenvalue weighted by molar-refractivity contribution is 7.91. The van der Waals surface area contributed by atoms with E-state index in [0.29, 0.717) is 4.90 Å². The third-order valence-electron chi connectivity index (χ3n) is 3.31. The fourth-order valence-electron chi connectivity index (χ4n) is 1.81. The SMILES string of the molecule is CC(=CCCC(C)=CCS(=O)(=O)c1ccc(C)cc1)CO. The Balaban J connectivity index is 2.63. The second kappa shape index (κ2) is 8.15. The highest BCUT2D eigenvalue weighted by Crippen LogP contribution is 2.14. The zero-order valence-corrected chi connectivity index (χ0v) is 13.8. The number of aliphatic hydroxyl groups excluding tert-OH is 1. The first-order valence-electron chi connectivity index (χ1n) is 7.06. The van der Waals surface area contributed by atoms with Gasteiger partial charge >= 0.3 is 0 Å². The summed E-state index contributed by atoms with van der Waals surface area (Å²) in [6, 6.07) is 6.93. The van der Waals surface area contributed by atoms with Crippen molar-refractivity contribution in [2.45, 2.75) is 38.5 Å². The normalized spacial score (nSPS) is 13.5. The van der Waals surface area contributed by atoms with E-state index in [9.17, 15) is 8.42 Å². The van der Waals surface area contributed by atoms with Gasteiger partial charge in [-0.25, -0.2) is 8.42 Å². The van der Waals surface area contributed by atoms with Gasteiger partial charge in [0.1, 0.15) is 0 Å². The monoisotopic (exact) mass is 308 g/mol. The number of allylic oxidation sites excluding steroid dienone is 2. The van der Waals surface area contributed by atoms with Crippen LogP contribution in [0.3, 0.4) is 0 Å². The zero-order valence-electron chi connectivity index (χ0n) is 13.0. The van der Waals surface area contributed by atoms with Crippen molar-refractivity contribution in [3.63, 3.8) is 0 Å². The highest BCUT2D eigenvalue weighted by atomic mass is 32.2. The molecule has 0 aliphatic carbocycles. The molecule has 0 aliphatic heterocycles. The van der Waals surface area contributed by atoms with Gasteiger partial charge in [-0.3, -0.25) is 0 Å². The van der Waals surface area contributed by atoms with E-state index in [1.54, 1.807) is 18.2 Å². The van der Waals surface area contributed by atoms with Crippen molar-refractivity contribution >= 4 is 9.84 Å². The molecular weight excluding hydrogens is 284 g/mol. The molecule has 116 valence electrons. The number of hydrogen-bond acceptors (Lipinski definition) is 3. The topological polar surface area (TPSA) is 54.4 Å². The zero-order chi connectivity index (χ0) is 15.9. The second-order valence-corrected chi connectivity index (χ2v) is 7.43. The Morgan fingerprint density at radius 1 is 1.10 bits per heavy atom. The van der Waals surface area contributed by atoms with Crippen LogP contribution in [-0.2, 0) is 9.84 Å². The molecule has 0 unspecified atom stereocenters. The molecule has 1 aromatic rings. The van der Waals surface area contributed by atoms with Crippen molar-refractivity contribution < 1.29 is 13.5 Å². The standard InChI is InChI=1S/C17H24O3S/c1-14(5-4-6-16(3)13-18)11-12-21(19,20)17-9-7-15(2)8-10-17/h6-11,18H,4-5,12-13H2,1-3H3. The number of aryl methyl sites for hydroxylation is 1. The third kappa shape index (κ3) is 6.27. The smallest absolute Gasteiger partial charge is 0.181 e. The molecule has 0 radical (unpaired) electrons. The van der Waals surface area contributed by atoms with Crippen LogP contribution in [0.4, 0.5) is 0 Å². The minimum absolute atomic E-state index is 0.0323. The van der Waals surface area contributed by atoms with E-state index in [2.05, 4.69) is 0 Å². The maximum Gasteiger partial charge on any atom is 0.181 e. The first-order valence-corrected chi connectivity index (χ1v) is 8.72. The molecule has 0 amide bonds. The highest BCUT2D eigenvalue weighted by Gasteiger charge is 2.12. The van der Waals surface area contributed by atoms with Crippen LogP contribution in [-0.4, -0.2) is 25.9 Å². The van der Waals surface area contributed by atoms with E-state index < -0.39 is 9.84 Å². The summed E-state index contributed by atoms with van der Waals surface area (Å²) >= 11 is 0. The molecule has 21 heavy (non-hydrogen) atoms. The maximum atomic E-state index is 12.2. The number of sulfone groups is 1. The molecule has 0 aliphatic rings. The van der Waals surface area contributed by atoms with Gasteiger partial charge in [0.15, 0.2) is 9.84 Å². The van der Waals surface area contributed by atoms with Crippen LogP contribution < -0.4 is 0 Å². The van der Waals surface area contributed by atoms with Gasteiger partial charge in [0.2, 0.25) is 0 Å². The summed E-state index contributed by atoms with van der Waals surface area (Å²) < 4.78 is 24.4. The largest absolute Gasteiger partial charge is 0.392 e. The van der Waals surface area contributed by atoms with E-state index in [1.807, 2.05) is 39.0 Å². The summed E-state index contributed by atoms with van der Waals surface area (Å²) in [5.74, 6) is 0.0323. The summed E-state index contributed by atoms with van der Waals surface area (Å²) in [4.78, 5) is 0.369. The molecule has 0 bridgehead atoms. The van der Waals surface area contributed by atoms with Gasteiger partial charge in [-0.15, -0.1) is 0 Å². The molecule has 0 aromatic heterocycles. The summed E-state index contributed by atoms with van der Waals surface area (Å²) in [5.41, 5.74) is 3.04. The van der Waals surface area contributed by atoms with Crippen molar-refractivity contribution in [1.29, 1.82) is 0 Å². The van der Waals surface area contributed by atoms with Gasteiger partial charge in [0, 0.05) is 0 Å². The Bertz CT molecular complexity index is 608. The van der Waals surface area contributed by atoms with E-state index in [1.165, 1.54) is 0 Å². The Labute approximate surface area is 127 Å². The van der Waals surface area contributed by atoms with Crippen LogP contribution >= 0.6 is 0 Å². The van der Waals surface area contributed by atoms with E-state index in [4.69, 9.17) is 5.11 Å². The number of aliphatic hydroxyl groups is 1. The quantitative estimate of drug-likeness (QED) is 0.785. The number of hydrogen-bond donors (Lipinski definition) is 1. The lowest BCUT2D eigenvalue weighted by molar-refractivity contribution is 0.331. The minimum atomic E-state index is -3.25. The average Bonchev–Trinajstić information content (AvgIpc) is 2.45. The van der Waals surface area contributed by atoms with E-state index in [-0.39, 0.29) is 12.4 Å². The molecule has 0 fully saturated rings. The Morgan fingerprint density at radius 3 is 2.29 bits per heavy atom. The molecule has 4 heteroatoms. The van der Waals surface area contributed by atoms with Crippen LogP contribution in [0.2, 0.25) is 0 Å². The molecule has 1 rings (SSSR count). The predicted octanol–water partition coefficient (Wildman–Crippen LogP) is 3.43. The molecule has 1 N–H and O–H groups in total. The van der Waals surface area contributed by atoms with Gasteiger partial charge in [-0.05, 0) is 45.7 Å². The molecule has 0 saturated carbocycles. The summed E-state index contributed by atoms with van der Waals surface area (Å²) in [7, 11) is -3.25. The number of benzene rings is 1. The molecule has 1 aromatic carbocycles. The molecule has 3 nitrogen and oxygen atoms in total. The molecule has 0 spiro atoms. The van der Waals surface area contributed by atoms with Gasteiger partial charge in [-0.1, -0.05) is 41.0 Å². The maximum absolute atomic E-state index is 12.2. The summed E-state index contributed by atoms with van der Waals surface area (Å²) in [5, 5.41) is 8.89. The fraction of sp³-hybridized carbons (Fsp3) is 0.412. The minimum Gasteiger partial charge on any atom is -0.392 e. The Morgan fingerprint density at radius 2 is 1.71 bits per heavy atom. The molecule has 0 atom stereocenters. The Hall–Kier alpha value is -1.39. The summed E-state index contributed by atoms with van der Waals surface area (Å²) in [6.07, 6.45) is 5.38. The average molecular weight is 308 g/mol. The Kier molecular flexibility index (Phi) is 6.85. The van der Waals surface area contributed by atoms with Crippen molar-refractivity contribution in [2.24, 2.45) is 0 Å². The van der Waals surface area contributed by atoms with Crippen molar-refractivity contribution in [3.05, 3.63) is 53.1 Å². The lowest BCUT2D eigenvalue weighted by atomic mass is 10.1. The van der Waals surface area contributed by atoms with Gasteiger partial charge in [0.25, 0.3) is 0 Å². The third-order valence-corrected chi connectivity index (χ3v) is 4.91. The van der Waals surface area contributed by atoms with Gasteiger partial charge in [-0.2, -0.15) is 0 Å². The molecule has 0 heterocycles. The van der Waals surface area contributed by atoms with Gasteiger partial charge in [0.05, 0.1) is 17.3 Å². The first-order chi connectivity index (χ1) is 9.85. The van der Waals surface area contributed by atoms with Crippen molar-refractivity contribution in [1.82, 2.24) is 0 Å². The number of rotatable bonds is 7. The van der Waals surface area contributed by atoms with Crippen LogP contribution in [0.25, 0.3) is 0 Å². The first kappa shape index (κ1) is 17.7. The van der Waals surface area contributed by atoms with Crippen molar-refractivity contribution in [3.8, 4) is 0 Å². The lowest BCUT2D eigenvalue weighted by Gasteiger charge is -2.04. The van der Waals surface area contributed by atoms with E-state index >= 15 is 0 Å².